The number of benzene rings is 1. The lowest BCUT2D eigenvalue weighted by Gasteiger charge is -2.15. The Kier molecular flexibility index (Phi) is 5.53. The van der Waals surface area contributed by atoms with E-state index in [0.29, 0.717) is 12.3 Å². The van der Waals surface area contributed by atoms with Crippen LogP contribution in [-0.4, -0.2) is 42.1 Å². The number of likely N-dealkylation sites (N-methyl/N-ethyl adjacent to an activating group) is 1. The average molecular weight is 267 g/mol. The van der Waals surface area contributed by atoms with Gasteiger partial charge >= 0.3 is 5.97 Å². The van der Waals surface area contributed by atoms with Crippen molar-refractivity contribution in [3.63, 3.8) is 0 Å². The predicted molar refractivity (Wildman–Crippen MR) is 66.3 cm³/mol. The first-order chi connectivity index (χ1) is 8.99. The highest BCUT2D eigenvalue weighted by atomic mass is 19.1. The van der Waals surface area contributed by atoms with Crippen molar-refractivity contribution in [2.75, 3.05) is 20.2 Å². The molecule has 1 aromatic rings. The predicted octanol–water partition coefficient (Wildman–Crippen LogP) is 1.30. The zero-order chi connectivity index (χ0) is 14.3. The number of carbonyl (C=O) groups excluding carboxylic acids is 1. The molecule has 6 heteroatoms. The molecule has 0 aliphatic carbocycles. The van der Waals surface area contributed by atoms with Crippen LogP contribution in [0.2, 0.25) is 0 Å². The number of hydrogen-bond acceptors (Lipinski definition) is 3. The Hall–Kier alpha value is -2.37. The lowest BCUT2D eigenvalue weighted by Crippen LogP contribution is -2.29. The van der Waals surface area contributed by atoms with Crippen molar-refractivity contribution in [3.8, 4) is 5.75 Å². The standard InChI is InChI=1S/C13H14FNO4/c1-15(12(16)6-7-13(17)18)8-9-19-11-4-2-10(14)3-5-11/h2-7H,8-9H2,1H3,(H,17,18)/b7-6+. The average Bonchev–Trinajstić information content (AvgIpc) is 2.38. The van der Waals surface area contributed by atoms with Crippen molar-refractivity contribution in [3.05, 3.63) is 42.2 Å². The van der Waals surface area contributed by atoms with Gasteiger partial charge in [-0.2, -0.15) is 0 Å². The molecule has 0 atom stereocenters. The van der Waals surface area contributed by atoms with E-state index in [4.69, 9.17) is 9.84 Å². The van der Waals surface area contributed by atoms with Gasteiger partial charge in [0.2, 0.25) is 5.91 Å². The third-order valence-electron chi connectivity index (χ3n) is 2.25. The topological polar surface area (TPSA) is 66.8 Å². The Balaban J connectivity index is 2.34. The van der Waals surface area contributed by atoms with Crippen LogP contribution < -0.4 is 4.74 Å². The van der Waals surface area contributed by atoms with Crippen LogP contribution >= 0.6 is 0 Å². The molecule has 0 spiro atoms. The normalized spacial score (nSPS) is 10.4. The molecule has 0 saturated carbocycles. The molecule has 5 nitrogen and oxygen atoms in total. The van der Waals surface area contributed by atoms with Gasteiger partial charge in [-0.1, -0.05) is 0 Å². The van der Waals surface area contributed by atoms with E-state index in [1.165, 1.54) is 36.2 Å². The summed E-state index contributed by atoms with van der Waals surface area (Å²) in [4.78, 5) is 23.0. The fourth-order valence-electron chi connectivity index (χ4n) is 1.21. The van der Waals surface area contributed by atoms with Crippen LogP contribution in [0.4, 0.5) is 4.39 Å². The van der Waals surface area contributed by atoms with E-state index in [1.807, 2.05) is 0 Å². The Labute approximate surface area is 109 Å². The van der Waals surface area contributed by atoms with Gasteiger partial charge in [0.15, 0.2) is 0 Å². The lowest BCUT2D eigenvalue weighted by atomic mass is 10.3. The summed E-state index contributed by atoms with van der Waals surface area (Å²) in [5, 5.41) is 8.38. The molecule has 0 bridgehead atoms. The van der Waals surface area contributed by atoms with Crippen molar-refractivity contribution in [2.45, 2.75) is 0 Å². The third kappa shape index (κ3) is 5.67. The number of carboxylic acid groups (broad SMARTS) is 1. The summed E-state index contributed by atoms with van der Waals surface area (Å²) in [6, 6.07) is 5.53. The number of carbonyl (C=O) groups is 2. The van der Waals surface area contributed by atoms with E-state index in [9.17, 15) is 14.0 Å². The van der Waals surface area contributed by atoms with Crippen LogP contribution in [0.1, 0.15) is 0 Å². The summed E-state index contributed by atoms with van der Waals surface area (Å²) < 4.78 is 17.9. The first kappa shape index (κ1) is 14.7. The van der Waals surface area contributed by atoms with Gasteiger partial charge in [0.25, 0.3) is 0 Å². The fraction of sp³-hybridized carbons (Fsp3) is 0.231. The van der Waals surface area contributed by atoms with Gasteiger partial charge in [0, 0.05) is 19.2 Å². The molecule has 1 rings (SSSR count). The minimum absolute atomic E-state index is 0.231. The molecule has 1 N–H and O–H groups in total. The molecule has 0 fully saturated rings. The van der Waals surface area contributed by atoms with Crippen molar-refractivity contribution < 1.29 is 23.8 Å². The highest BCUT2D eigenvalue weighted by Crippen LogP contribution is 2.10. The van der Waals surface area contributed by atoms with Crippen LogP contribution in [0.5, 0.6) is 5.75 Å². The van der Waals surface area contributed by atoms with Crippen LogP contribution in [0.15, 0.2) is 36.4 Å². The maximum Gasteiger partial charge on any atom is 0.328 e. The van der Waals surface area contributed by atoms with Gasteiger partial charge in [0.1, 0.15) is 18.2 Å². The molecular formula is C13H14FNO4. The van der Waals surface area contributed by atoms with Gasteiger partial charge < -0.3 is 14.7 Å². The molecule has 0 saturated heterocycles. The second-order valence-corrected chi connectivity index (χ2v) is 3.73. The summed E-state index contributed by atoms with van der Waals surface area (Å²) in [5.74, 6) is -1.45. The fourth-order valence-corrected chi connectivity index (χ4v) is 1.21. The number of carboxylic acids is 1. The van der Waals surface area contributed by atoms with Crippen molar-refractivity contribution in [1.29, 1.82) is 0 Å². The van der Waals surface area contributed by atoms with Gasteiger partial charge in [-0.25, -0.2) is 9.18 Å². The summed E-state index contributed by atoms with van der Waals surface area (Å²) in [6.45, 7) is 0.523. The number of halogens is 1. The molecule has 0 unspecified atom stereocenters. The Bertz CT molecular complexity index is 470. The largest absolute Gasteiger partial charge is 0.492 e. The van der Waals surface area contributed by atoms with Crippen molar-refractivity contribution >= 4 is 11.9 Å². The van der Waals surface area contributed by atoms with E-state index in [0.717, 1.165) is 12.2 Å². The molecule has 0 aliphatic rings. The van der Waals surface area contributed by atoms with E-state index >= 15 is 0 Å². The Morgan fingerprint density at radius 3 is 2.53 bits per heavy atom. The van der Waals surface area contributed by atoms with E-state index in [1.54, 1.807) is 0 Å². The monoisotopic (exact) mass is 267 g/mol. The van der Waals surface area contributed by atoms with Crippen LogP contribution in [0, 0.1) is 5.82 Å². The van der Waals surface area contributed by atoms with Crippen molar-refractivity contribution in [1.82, 2.24) is 4.90 Å². The first-order valence-electron chi connectivity index (χ1n) is 5.53. The Morgan fingerprint density at radius 2 is 1.95 bits per heavy atom. The molecule has 0 aliphatic heterocycles. The highest BCUT2D eigenvalue weighted by molar-refractivity contribution is 5.93. The molecule has 19 heavy (non-hydrogen) atoms. The molecule has 0 aromatic heterocycles. The summed E-state index contributed by atoms with van der Waals surface area (Å²) in [7, 11) is 1.53. The Morgan fingerprint density at radius 1 is 1.32 bits per heavy atom. The zero-order valence-electron chi connectivity index (χ0n) is 10.4. The third-order valence-corrected chi connectivity index (χ3v) is 2.25. The van der Waals surface area contributed by atoms with Crippen LogP contribution in [0.3, 0.4) is 0 Å². The minimum atomic E-state index is -1.18. The van der Waals surface area contributed by atoms with Gasteiger partial charge in [-0.15, -0.1) is 0 Å². The van der Waals surface area contributed by atoms with Crippen LogP contribution in [-0.2, 0) is 9.59 Å². The summed E-state index contributed by atoms with van der Waals surface area (Å²) >= 11 is 0. The smallest absolute Gasteiger partial charge is 0.328 e. The molecule has 0 heterocycles. The molecule has 102 valence electrons. The maximum absolute atomic E-state index is 12.6. The minimum Gasteiger partial charge on any atom is -0.492 e. The van der Waals surface area contributed by atoms with E-state index < -0.39 is 11.9 Å². The van der Waals surface area contributed by atoms with Gasteiger partial charge in [0.05, 0.1) is 6.54 Å². The second-order valence-electron chi connectivity index (χ2n) is 3.73. The quantitative estimate of drug-likeness (QED) is 0.789. The highest BCUT2D eigenvalue weighted by Gasteiger charge is 2.05. The second kappa shape index (κ2) is 7.15. The molecular weight excluding hydrogens is 253 g/mol. The van der Waals surface area contributed by atoms with E-state index in [2.05, 4.69) is 0 Å². The number of nitrogens with zero attached hydrogens (tertiary/aromatic N) is 1. The number of rotatable bonds is 6. The number of amides is 1. The summed E-state index contributed by atoms with van der Waals surface area (Å²) in [5.41, 5.74) is 0. The zero-order valence-corrected chi connectivity index (χ0v) is 10.4. The molecule has 0 radical (unpaired) electrons. The molecule has 1 aromatic carbocycles. The maximum atomic E-state index is 12.6. The van der Waals surface area contributed by atoms with E-state index in [-0.39, 0.29) is 12.4 Å². The van der Waals surface area contributed by atoms with Gasteiger partial charge in [-0.05, 0) is 24.3 Å². The number of ether oxygens (including phenoxy) is 1. The van der Waals surface area contributed by atoms with Gasteiger partial charge in [-0.3, -0.25) is 4.79 Å². The number of hydrogen-bond donors (Lipinski definition) is 1. The summed E-state index contributed by atoms with van der Waals surface area (Å²) in [6.07, 6.45) is 1.75. The van der Waals surface area contributed by atoms with Crippen molar-refractivity contribution in [2.24, 2.45) is 0 Å². The lowest BCUT2D eigenvalue weighted by molar-refractivity contribution is -0.132. The molecule has 1 amide bonds. The van der Waals surface area contributed by atoms with Crippen LogP contribution in [0.25, 0.3) is 0 Å². The first-order valence-corrected chi connectivity index (χ1v) is 5.53. The SMILES string of the molecule is CN(CCOc1ccc(F)cc1)C(=O)/C=C/C(=O)O. The number of aliphatic carboxylic acids is 1.